The van der Waals surface area contributed by atoms with Crippen molar-refractivity contribution in [2.24, 2.45) is 0 Å². The maximum atomic E-state index is 12.3. The minimum absolute atomic E-state index is 0.0430. The number of para-hydroxylation sites is 1. The maximum Gasteiger partial charge on any atom is 0.286 e. The van der Waals surface area contributed by atoms with Crippen molar-refractivity contribution in [3.05, 3.63) is 64.0 Å². The molecule has 0 aliphatic heterocycles. The average Bonchev–Trinajstić information content (AvgIpc) is 3.36. The Kier molecular flexibility index (Phi) is 7.21. The van der Waals surface area contributed by atoms with Crippen LogP contribution >= 0.6 is 23.1 Å². The summed E-state index contributed by atoms with van der Waals surface area (Å²) in [5.74, 6) is 1.37. The summed E-state index contributed by atoms with van der Waals surface area (Å²) in [5.41, 5.74) is 1.74. The summed E-state index contributed by atoms with van der Waals surface area (Å²) < 4.78 is 5.22. The quantitative estimate of drug-likeness (QED) is 0.556. The first kappa shape index (κ1) is 20.1. The van der Waals surface area contributed by atoms with E-state index in [1.54, 1.807) is 6.26 Å². The molecule has 0 radical (unpaired) electrons. The molecular weight excluding hydrogens is 396 g/mol. The number of thioether (sulfide) groups is 1. The monoisotopic (exact) mass is 416 g/mol. The van der Waals surface area contributed by atoms with Crippen molar-refractivity contribution in [3.8, 4) is 0 Å². The number of carbonyl (C=O) groups is 2. The van der Waals surface area contributed by atoms with E-state index in [2.05, 4.69) is 20.8 Å². The van der Waals surface area contributed by atoms with Gasteiger partial charge in [0.15, 0.2) is 0 Å². The molecule has 7 nitrogen and oxygen atoms in total. The van der Waals surface area contributed by atoms with Crippen LogP contribution in [0.3, 0.4) is 0 Å². The van der Waals surface area contributed by atoms with Crippen LogP contribution in [0.2, 0.25) is 0 Å². The fraction of sp³-hybridized carbons (Fsp3) is 0.263. The first-order valence-corrected chi connectivity index (χ1v) is 10.6. The van der Waals surface area contributed by atoms with Crippen molar-refractivity contribution in [3.63, 3.8) is 0 Å². The molecule has 0 fully saturated rings. The number of carbonyl (C=O) groups excluding carboxylic acids is 2. The predicted octanol–water partition coefficient (Wildman–Crippen LogP) is 3.28. The van der Waals surface area contributed by atoms with Gasteiger partial charge in [0.25, 0.3) is 5.91 Å². The molecule has 0 saturated heterocycles. The number of amides is 2. The smallest absolute Gasteiger partial charge is 0.286 e. The van der Waals surface area contributed by atoms with Crippen molar-refractivity contribution >= 4 is 40.6 Å². The lowest BCUT2D eigenvalue weighted by atomic mass is 10.2. The molecule has 2 N–H and O–H groups in total. The molecule has 0 aliphatic rings. The highest BCUT2D eigenvalue weighted by Gasteiger charge is 2.14. The summed E-state index contributed by atoms with van der Waals surface area (Å²) in [5, 5.41) is 14.7. The molecule has 2 amide bonds. The van der Waals surface area contributed by atoms with Gasteiger partial charge in [-0.2, -0.15) is 0 Å². The van der Waals surface area contributed by atoms with Crippen molar-refractivity contribution in [1.82, 2.24) is 15.5 Å². The SMILES string of the molecule is Cc1ccccc1NC(=O)c1nnc(CSCC(=O)NCCc2ccco2)s1. The number of aromatic nitrogens is 2. The molecule has 3 rings (SSSR count). The van der Waals surface area contributed by atoms with Crippen LogP contribution < -0.4 is 10.6 Å². The molecule has 0 saturated carbocycles. The number of aryl methyl sites for hydroxylation is 1. The standard InChI is InChI=1S/C19H20N4O3S2/c1-13-5-2-3-7-15(13)21-18(25)19-23-22-17(28-19)12-27-11-16(24)20-9-8-14-6-4-10-26-14/h2-7,10H,8-9,11-12H2,1H3,(H,20,24)(H,21,25). The van der Waals surface area contributed by atoms with Gasteiger partial charge in [-0.15, -0.1) is 22.0 Å². The molecule has 3 aromatic rings. The molecule has 0 spiro atoms. The van der Waals surface area contributed by atoms with Gasteiger partial charge in [-0.1, -0.05) is 29.5 Å². The highest BCUT2D eigenvalue weighted by atomic mass is 32.2. The second-order valence-corrected chi connectivity index (χ2v) is 7.99. The van der Waals surface area contributed by atoms with Gasteiger partial charge in [-0.25, -0.2) is 0 Å². The number of rotatable bonds is 9. The summed E-state index contributed by atoms with van der Waals surface area (Å²) in [7, 11) is 0. The Hall–Kier alpha value is -2.65. The Morgan fingerprint density at radius 1 is 1.18 bits per heavy atom. The average molecular weight is 417 g/mol. The Balaban J connectivity index is 1.39. The van der Waals surface area contributed by atoms with Crippen molar-refractivity contribution in [2.45, 2.75) is 19.1 Å². The number of benzene rings is 1. The first-order valence-electron chi connectivity index (χ1n) is 8.68. The lowest BCUT2D eigenvalue weighted by Crippen LogP contribution is -2.27. The zero-order valence-corrected chi connectivity index (χ0v) is 16.9. The number of nitrogens with zero attached hydrogens (tertiary/aromatic N) is 2. The zero-order valence-electron chi connectivity index (χ0n) is 15.3. The molecule has 1 aromatic carbocycles. The van der Waals surface area contributed by atoms with E-state index in [0.29, 0.717) is 34.5 Å². The third-order valence-electron chi connectivity index (χ3n) is 3.79. The Labute approximate surface area is 170 Å². The van der Waals surface area contributed by atoms with Crippen molar-refractivity contribution in [1.29, 1.82) is 0 Å². The van der Waals surface area contributed by atoms with E-state index >= 15 is 0 Å². The zero-order chi connectivity index (χ0) is 19.8. The van der Waals surface area contributed by atoms with Gasteiger partial charge in [0.2, 0.25) is 10.9 Å². The third kappa shape index (κ3) is 5.93. The third-order valence-corrected chi connectivity index (χ3v) is 5.84. The molecule has 9 heteroatoms. The van der Waals surface area contributed by atoms with Gasteiger partial charge in [-0.05, 0) is 30.7 Å². The van der Waals surface area contributed by atoms with E-state index in [0.717, 1.165) is 17.0 Å². The van der Waals surface area contributed by atoms with Crippen LogP contribution in [-0.2, 0) is 17.0 Å². The molecule has 0 bridgehead atoms. The van der Waals surface area contributed by atoms with Crippen LogP contribution in [0.5, 0.6) is 0 Å². The largest absolute Gasteiger partial charge is 0.469 e. The fourth-order valence-electron chi connectivity index (χ4n) is 2.35. The minimum atomic E-state index is -0.279. The van der Waals surface area contributed by atoms with E-state index in [4.69, 9.17) is 4.42 Å². The van der Waals surface area contributed by atoms with Gasteiger partial charge >= 0.3 is 0 Å². The summed E-state index contributed by atoms with van der Waals surface area (Å²) in [6, 6.07) is 11.3. The topological polar surface area (TPSA) is 97.1 Å². The van der Waals surface area contributed by atoms with Crippen molar-refractivity contribution < 1.29 is 14.0 Å². The molecule has 28 heavy (non-hydrogen) atoms. The summed E-state index contributed by atoms with van der Waals surface area (Å²) in [6.45, 7) is 2.46. The van der Waals surface area contributed by atoms with E-state index in [-0.39, 0.29) is 11.8 Å². The van der Waals surface area contributed by atoms with Crippen LogP contribution in [0.15, 0.2) is 47.1 Å². The van der Waals surface area contributed by atoms with Gasteiger partial charge in [0.1, 0.15) is 10.8 Å². The van der Waals surface area contributed by atoms with Crippen LogP contribution in [0.4, 0.5) is 5.69 Å². The fourth-order valence-corrected chi connectivity index (χ4v) is 3.99. The van der Waals surface area contributed by atoms with Crippen LogP contribution in [0.25, 0.3) is 0 Å². The van der Waals surface area contributed by atoms with Gasteiger partial charge in [-0.3, -0.25) is 9.59 Å². The number of anilines is 1. The summed E-state index contributed by atoms with van der Waals surface area (Å²) in [4.78, 5) is 24.1. The lowest BCUT2D eigenvalue weighted by molar-refractivity contribution is -0.118. The summed E-state index contributed by atoms with van der Waals surface area (Å²) in [6.07, 6.45) is 2.28. The van der Waals surface area contributed by atoms with Gasteiger partial charge < -0.3 is 15.1 Å². The Bertz CT molecular complexity index is 925. The van der Waals surface area contributed by atoms with E-state index in [1.165, 1.54) is 23.1 Å². The number of hydrogen-bond acceptors (Lipinski definition) is 7. The highest BCUT2D eigenvalue weighted by molar-refractivity contribution is 7.99. The normalized spacial score (nSPS) is 10.6. The highest BCUT2D eigenvalue weighted by Crippen LogP contribution is 2.19. The Morgan fingerprint density at radius 2 is 2.04 bits per heavy atom. The molecule has 2 aromatic heterocycles. The second-order valence-electron chi connectivity index (χ2n) is 5.94. The van der Waals surface area contributed by atoms with Gasteiger partial charge in [0, 0.05) is 24.4 Å². The molecule has 146 valence electrons. The van der Waals surface area contributed by atoms with E-state index in [1.807, 2.05) is 43.3 Å². The molecule has 2 heterocycles. The van der Waals surface area contributed by atoms with E-state index < -0.39 is 0 Å². The molecule has 0 atom stereocenters. The van der Waals surface area contributed by atoms with Gasteiger partial charge in [0.05, 0.1) is 12.0 Å². The van der Waals surface area contributed by atoms with Crippen LogP contribution in [0, 0.1) is 6.92 Å². The first-order chi connectivity index (χ1) is 13.6. The Morgan fingerprint density at radius 3 is 2.82 bits per heavy atom. The molecule has 0 unspecified atom stereocenters. The van der Waals surface area contributed by atoms with E-state index in [9.17, 15) is 9.59 Å². The maximum absolute atomic E-state index is 12.3. The molecular formula is C19H20N4O3S2. The lowest BCUT2D eigenvalue weighted by Gasteiger charge is -2.05. The predicted molar refractivity (Wildman–Crippen MR) is 111 cm³/mol. The number of furan rings is 1. The minimum Gasteiger partial charge on any atom is -0.469 e. The number of hydrogen-bond donors (Lipinski definition) is 2. The van der Waals surface area contributed by atoms with Crippen LogP contribution in [0.1, 0.15) is 26.1 Å². The van der Waals surface area contributed by atoms with Crippen molar-refractivity contribution in [2.75, 3.05) is 17.6 Å². The second kappa shape index (κ2) is 10.0. The number of nitrogens with one attached hydrogen (secondary N) is 2. The molecule has 0 aliphatic carbocycles. The van der Waals surface area contributed by atoms with Crippen LogP contribution in [-0.4, -0.2) is 34.3 Å². The summed E-state index contributed by atoms with van der Waals surface area (Å²) >= 11 is 2.67.